The molecule has 168 valence electrons. The number of hydrogen-bond donors (Lipinski definition) is 3. The van der Waals surface area contributed by atoms with Crippen molar-refractivity contribution in [3.63, 3.8) is 0 Å². The van der Waals surface area contributed by atoms with Crippen molar-refractivity contribution >= 4 is 17.5 Å². The topological polar surface area (TPSA) is 125 Å². The van der Waals surface area contributed by atoms with Gasteiger partial charge in [-0.3, -0.25) is 9.59 Å². The first-order valence-corrected chi connectivity index (χ1v) is 8.99. The van der Waals surface area contributed by atoms with E-state index in [0.29, 0.717) is 10.2 Å². The molecular formula is C20H17F4N5O3. The molecule has 32 heavy (non-hydrogen) atoms. The largest absolute Gasteiger partial charge is 0.496 e. The van der Waals surface area contributed by atoms with Crippen LogP contribution in [-0.2, 0) is 12.7 Å². The van der Waals surface area contributed by atoms with E-state index in [4.69, 9.17) is 16.2 Å². The van der Waals surface area contributed by atoms with Crippen molar-refractivity contribution in [3.05, 3.63) is 70.8 Å². The molecule has 0 fully saturated rings. The summed E-state index contributed by atoms with van der Waals surface area (Å²) >= 11 is 0. The minimum Gasteiger partial charge on any atom is -0.496 e. The minimum absolute atomic E-state index is 0.00177. The van der Waals surface area contributed by atoms with E-state index in [-0.39, 0.29) is 23.5 Å². The molecule has 0 saturated carbocycles. The SMILES string of the molecule is COc1ccc(F)cc1C(=O)NCc1ccc(-n2nc(C(F)(F)F)c(N)c2C(N)=O)cc1. The quantitative estimate of drug-likeness (QED) is 0.497. The van der Waals surface area contributed by atoms with Crippen LogP contribution in [0.3, 0.4) is 0 Å². The number of primary amides is 1. The lowest BCUT2D eigenvalue weighted by molar-refractivity contribution is -0.140. The fraction of sp³-hybridized carbons (Fsp3) is 0.150. The molecule has 0 atom stereocenters. The normalized spacial score (nSPS) is 11.3. The fourth-order valence-electron chi connectivity index (χ4n) is 2.95. The second-order valence-electron chi connectivity index (χ2n) is 6.58. The fourth-order valence-corrected chi connectivity index (χ4v) is 2.95. The smallest absolute Gasteiger partial charge is 0.437 e. The summed E-state index contributed by atoms with van der Waals surface area (Å²) in [5, 5.41) is 5.98. The average molecular weight is 451 g/mol. The number of halogens is 4. The first kappa shape index (κ1) is 22.6. The van der Waals surface area contributed by atoms with Crippen LogP contribution in [0.1, 0.15) is 32.1 Å². The molecule has 0 unspecified atom stereocenters. The summed E-state index contributed by atoms with van der Waals surface area (Å²) in [6.45, 7) is 0.0243. The van der Waals surface area contributed by atoms with Gasteiger partial charge in [0.15, 0.2) is 11.4 Å². The number of benzene rings is 2. The molecule has 2 aromatic carbocycles. The number of aromatic nitrogens is 2. The Balaban J connectivity index is 1.81. The molecule has 0 aliphatic rings. The molecule has 0 bridgehead atoms. The Labute approximate surface area is 178 Å². The lowest BCUT2D eigenvalue weighted by atomic mass is 10.1. The third-order valence-corrected chi connectivity index (χ3v) is 4.46. The van der Waals surface area contributed by atoms with Crippen LogP contribution in [0.15, 0.2) is 42.5 Å². The van der Waals surface area contributed by atoms with E-state index >= 15 is 0 Å². The first-order chi connectivity index (χ1) is 15.0. The summed E-state index contributed by atoms with van der Waals surface area (Å²) in [4.78, 5) is 24.0. The van der Waals surface area contributed by atoms with Crippen LogP contribution in [0, 0.1) is 5.82 Å². The highest BCUT2D eigenvalue weighted by molar-refractivity contribution is 5.98. The number of alkyl halides is 3. The molecular weight excluding hydrogens is 434 g/mol. The third-order valence-electron chi connectivity index (χ3n) is 4.46. The van der Waals surface area contributed by atoms with Crippen molar-refractivity contribution in [3.8, 4) is 11.4 Å². The average Bonchev–Trinajstić information content (AvgIpc) is 3.10. The van der Waals surface area contributed by atoms with Crippen LogP contribution in [0.5, 0.6) is 5.75 Å². The Morgan fingerprint density at radius 1 is 1.16 bits per heavy atom. The van der Waals surface area contributed by atoms with Crippen LogP contribution in [0.4, 0.5) is 23.2 Å². The number of rotatable bonds is 6. The van der Waals surface area contributed by atoms with Crippen molar-refractivity contribution in [2.45, 2.75) is 12.7 Å². The van der Waals surface area contributed by atoms with Gasteiger partial charge in [-0.15, -0.1) is 0 Å². The number of nitrogen functional groups attached to an aromatic ring is 1. The van der Waals surface area contributed by atoms with Gasteiger partial charge in [0.25, 0.3) is 11.8 Å². The third kappa shape index (κ3) is 4.48. The van der Waals surface area contributed by atoms with Crippen molar-refractivity contribution in [1.82, 2.24) is 15.1 Å². The van der Waals surface area contributed by atoms with E-state index in [0.717, 1.165) is 12.1 Å². The molecule has 0 spiro atoms. The standard InChI is InChI=1S/C20H17F4N5O3/c1-32-14-7-4-11(21)8-13(14)19(31)27-9-10-2-5-12(6-3-10)29-16(18(26)30)15(25)17(28-29)20(22,23)24/h2-8H,9,25H2,1H3,(H2,26,30)(H,27,31). The number of anilines is 1. The van der Waals surface area contributed by atoms with Gasteiger partial charge in [0, 0.05) is 6.54 Å². The molecule has 0 saturated heterocycles. The Morgan fingerprint density at radius 2 is 1.81 bits per heavy atom. The van der Waals surface area contributed by atoms with E-state index < -0.39 is 40.9 Å². The number of ether oxygens (including phenoxy) is 1. The maximum absolute atomic E-state index is 13.4. The van der Waals surface area contributed by atoms with Crippen LogP contribution in [0.2, 0.25) is 0 Å². The van der Waals surface area contributed by atoms with Gasteiger partial charge in [-0.05, 0) is 35.9 Å². The number of amides is 2. The Hall–Kier alpha value is -4.09. The molecule has 1 heterocycles. The number of carbonyl (C=O) groups is 2. The molecule has 0 aliphatic carbocycles. The van der Waals surface area contributed by atoms with Gasteiger partial charge < -0.3 is 21.5 Å². The molecule has 2 amide bonds. The van der Waals surface area contributed by atoms with Crippen LogP contribution >= 0.6 is 0 Å². The molecule has 0 aliphatic heterocycles. The molecule has 12 heteroatoms. The zero-order valence-corrected chi connectivity index (χ0v) is 16.5. The van der Waals surface area contributed by atoms with Gasteiger partial charge in [-0.2, -0.15) is 18.3 Å². The predicted octanol–water partition coefficient (Wildman–Crippen LogP) is 2.65. The van der Waals surface area contributed by atoms with Crippen LogP contribution in [-0.4, -0.2) is 28.7 Å². The number of carbonyl (C=O) groups excluding carboxylic acids is 2. The molecule has 3 rings (SSSR count). The second-order valence-corrected chi connectivity index (χ2v) is 6.58. The van der Waals surface area contributed by atoms with Gasteiger partial charge in [0.05, 0.1) is 24.0 Å². The summed E-state index contributed by atoms with van der Waals surface area (Å²) in [7, 11) is 1.34. The second kappa shape index (κ2) is 8.57. The maximum Gasteiger partial charge on any atom is 0.437 e. The lowest BCUT2D eigenvalue weighted by Gasteiger charge is -2.10. The summed E-state index contributed by atoms with van der Waals surface area (Å²) in [5.41, 5.74) is 8.39. The van der Waals surface area contributed by atoms with Crippen molar-refractivity contribution in [1.29, 1.82) is 0 Å². The minimum atomic E-state index is -4.87. The monoisotopic (exact) mass is 451 g/mol. The highest BCUT2D eigenvalue weighted by Crippen LogP contribution is 2.35. The molecule has 1 aromatic heterocycles. The Bertz CT molecular complexity index is 1170. The van der Waals surface area contributed by atoms with Gasteiger partial charge in [-0.1, -0.05) is 12.1 Å². The van der Waals surface area contributed by atoms with E-state index in [2.05, 4.69) is 10.4 Å². The van der Waals surface area contributed by atoms with Gasteiger partial charge in [-0.25, -0.2) is 9.07 Å². The van der Waals surface area contributed by atoms with Crippen molar-refractivity contribution in [2.75, 3.05) is 12.8 Å². The maximum atomic E-state index is 13.4. The highest BCUT2D eigenvalue weighted by Gasteiger charge is 2.39. The summed E-state index contributed by atoms with van der Waals surface area (Å²) in [6.07, 6.45) is -4.87. The Morgan fingerprint density at radius 3 is 2.38 bits per heavy atom. The van der Waals surface area contributed by atoms with E-state index in [9.17, 15) is 27.2 Å². The van der Waals surface area contributed by atoms with Crippen molar-refractivity contribution in [2.24, 2.45) is 5.73 Å². The highest BCUT2D eigenvalue weighted by atomic mass is 19.4. The molecule has 8 nitrogen and oxygen atoms in total. The summed E-state index contributed by atoms with van der Waals surface area (Å²) in [5.74, 6) is -2.18. The number of nitrogens with two attached hydrogens (primary N) is 2. The van der Waals surface area contributed by atoms with Crippen LogP contribution < -0.4 is 21.5 Å². The van der Waals surface area contributed by atoms with Gasteiger partial charge >= 0.3 is 6.18 Å². The van der Waals surface area contributed by atoms with Gasteiger partial charge in [0.1, 0.15) is 11.6 Å². The zero-order chi connectivity index (χ0) is 23.6. The zero-order valence-electron chi connectivity index (χ0n) is 16.5. The summed E-state index contributed by atoms with van der Waals surface area (Å²) in [6, 6.07) is 9.25. The van der Waals surface area contributed by atoms with E-state index in [1.54, 1.807) is 0 Å². The van der Waals surface area contributed by atoms with Crippen molar-refractivity contribution < 1.29 is 31.9 Å². The first-order valence-electron chi connectivity index (χ1n) is 8.99. The molecule has 3 aromatic rings. The number of methoxy groups -OCH3 is 1. The Kier molecular flexibility index (Phi) is 6.05. The van der Waals surface area contributed by atoms with Gasteiger partial charge in [0.2, 0.25) is 0 Å². The van der Waals surface area contributed by atoms with E-state index in [1.165, 1.54) is 37.4 Å². The van der Waals surface area contributed by atoms with Crippen LogP contribution in [0.25, 0.3) is 5.69 Å². The number of nitrogens with one attached hydrogen (secondary N) is 1. The molecule has 5 N–H and O–H groups in total. The van der Waals surface area contributed by atoms with E-state index in [1.807, 2.05) is 0 Å². The lowest BCUT2D eigenvalue weighted by Crippen LogP contribution is -2.23. The number of hydrogen-bond acceptors (Lipinski definition) is 5. The molecule has 0 radical (unpaired) electrons. The predicted molar refractivity (Wildman–Crippen MR) is 106 cm³/mol. The number of nitrogens with zero attached hydrogens (tertiary/aromatic N) is 2. The summed E-state index contributed by atoms with van der Waals surface area (Å²) < 4.78 is 58.5.